The van der Waals surface area contributed by atoms with Gasteiger partial charge in [-0.1, -0.05) is 6.08 Å². The third-order valence-corrected chi connectivity index (χ3v) is 3.53. The Hall–Kier alpha value is -2.56. The minimum atomic E-state index is -4.58. The Balaban J connectivity index is 3.29. The molecule has 1 rings (SSSR count). The van der Waals surface area contributed by atoms with E-state index >= 15 is 0 Å². The molecule has 0 heterocycles. The molecular weight excluding hydrogens is 396 g/mol. The molecule has 1 atom stereocenters. The van der Waals surface area contributed by atoms with Gasteiger partial charge in [-0.25, -0.2) is 13.6 Å². The molecule has 0 aliphatic heterocycles. The molecule has 0 spiro atoms. The monoisotopic (exact) mass is 413 g/mol. The van der Waals surface area contributed by atoms with Crippen molar-refractivity contribution in [3.63, 3.8) is 0 Å². The minimum Gasteiger partial charge on any atom is -0.491 e. The number of alkyl halides is 3. The van der Waals surface area contributed by atoms with E-state index < -0.39 is 64.9 Å². The fraction of sp³-hybridized carbons (Fsp3) is 0.412. The maximum atomic E-state index is 14.3. The standard InChI is InChI=1S/C17H17F6NO4/c1-4-28-16(26)9(5-6-24-8(2)17(21,22)23)14(25)10-7-11(18)13(20)15(27-3)12(10)19/h5,7-8,24H,4,6H2,1-3H3/b9-5-/t8-/m0/s1. The Labute approximate surface area is 156 Å². The van der Waals surface area contributed by atoms with E-state index in [0.29, 0.717) is 0 Å². The molecule has 0 amide bonds. The van der Waals surface area contributed by atoms with Crippen LogP contribution < -0.4 is 10.1 Å². The first-order valence-electron chi connectivity index (χ1n) is 7.89. The van der Waals surface area contributed by atoms with Crippen LogP contribution in [0.2, 0.25) is 0 Å². The Morgan fingerprint density at radius 1 is 1.21 bits per heavy atom. The first kappa shape index (κ1) is 23.5. The molecular formula is C17H17F6NO4. The fourth-order valence-corrected chi connectivity index (χ4v) is 2.00. The molecule has 156 valence electrons. The molecule has 0 saturated carbocycles. The van der Waals surface area contributed by atoms with Crippen molar-refractivity contribution >= 4 is 11.8 Å². The molecule has 11 heteroatoms. The molecule has 0 saturated heterocycles. The van der Waals surface area contributed by atoms with Crippen LogP contribution in [0, 0.1) is 17.5 Å². The van der Waals surface area contributed by atoms with Gasteiger partial charge in [-0.05, 0) is 19.9 Å². The third kappa shape index (κ3) is 5.47. The van der Waals surface area contributed by atoms with E-state index in [9.17, 15) is 35.9 Å². The predicted molar refractivity (Wildman–Crippen MR) is 85.4 cm³/mol. The number of nitrogens with one attached hydrogen (secondary N) is 1. The van der Waals surface area contributed by atoms with Gasteiger partial charge < -0.3 is 14.8 Å². The van der Waals surface area contributed by atoms with Crippen LogP contribution in [0.3, 0.4) is 0 Å². The van der Waals surface area contributed by atoms with Gasteiger partial charge in [0.05, 0.1) is 19.3 Å². The van der Waals surface area contributed by atoms with Crippen molar-refractivity contribution in [2.45, 2.75) is 26.1 Å². The second kappa shape index (κ2) is 9.58. The number of esters is 1. The van der Waals surface area contributed by atoms with Gasteiger partial charge in [-0.15, -0.1) is 0 Å². The first-order valence-corrected chi connectivity index (χ1v) is 7.89. The van der Waals surface area contributed by atoms with E-state index in [1.807, 2.05) is 5.32 Å². The number of hydrogen-bond donors (Lipinski definition) is 1. The van der Waals surface area contributed by atoms with Crippen LogP contribution in [-0.4, -0.2) is 44.2 Å². The summed E-state index contributed by atoms with van der Waals surface area (Å²) >= 11 is 0. The van der Waals surface area contributed by atoms with Crippen LogP contribution in [-0.2, 0) is 9.53 Å². The van der Waals surface area contributed by atoms with Gasteiger partial charge in [-0.2, -0.15) is 17.6 Å². The lowest BCUT2D eigenvalue weighted by molar-refractivity contribution is -0.150. The zero-order valence-corrected chi connectivity index (χ0v) is 15.0. The van der Waals surface area contributed by atoms with Gasteiger partial charge in [0.15, 0.2) is 17.4 Å². The van der Waals surface area contributed by atoms with Gasteiger partial charge in [0.25, 0.3) is 0 Å². The Morgan fingerprint density at radius 3 is 2.32 bits per heavy atom. The second-order valence-electron chi connectivity index (χ2n) is 5.41. The summed E-state index contributed by atoms with van der Waals surface area (Å²) in [5, 5.41) is 2.00. The van der Waals surface area contributed by atoms with E-state index in [1.165, 1.54) is 6.92 Å². The van der Waals surface area contributed by atoms with Crippen molar-refractivity contribution in [3.8, 4) is 5.75 Å². The van der Waals surface area contributed by atoms with Gasteiger partial charge in [0.1, 0.15) is 11.6 Å². The summed E-state index contributed by atoms with van der Waals surface area (Å²) in [5.74, 6) is -8.73. The number of methoxy groups -OCH3 is 1. The molecule has 0 unspecified atom stereocenters. The molecule has 0 aliphatic rings. The number of ketones is 1. The number of Topliss-reactive ketones (excluding diaryl/α,β-unsaturated/α-hetero) is 1. The third-order valence-electron chi connectivity index (χ3n) is 3.53. The van der Waals surface area contributed by atoms with Crippen LogP contribution >= 0.6 is 0 Å². The molecule has 0 bridgehead atoms. The maximum absolute atomic E-state index is 14.3. The predicted octanol–water partition coefficient (Wildman–Crippen LogP) is 3.33. The number of rotatable bonds is 8. The van der Waals surface area contributed by atoms with E-state index in [2.05, 4.69) is 9.47 Å². The molecule has 0 aromatic heterocycles. The van der Waals surface area contributed by atoms with E-state index in [0.717, 1.165) is 20.1 Å². The Kier molecular flexibility index (Phi) is 8.03. The smallest absolute Gasteiger partial charge is 0.403 e. The largest absolute Gasteiger partial charge is 0.491 e. The normalized spacial score (nSPS) is 13.2. The topological polar surface area (TPSA) is 64.6 Å². The maximum Gasteiger partial charge on any atom is 0.403 e. The summed E-state index contributed by atoms with van der Waals surface area (Å²) < 4.78 is 88.0. The zero-order chi connectivity index (χ0) is 21.6. The van der Waals surface area contributed by atoms with Gasteiger partial charge >= 0.3 is 12.1 Å². The Morgan fingerprint density at radius 2 is 1.82 bits per heavy atom. The van der Waals surface area contributed by atoms with E-state index in [1.54, 1.807) is 0 Å². The van der Waals surface area contributed by atoms with E-state index in [4.69, 9.17) is 0 Å². The molecule has 0 radical (unpaired) electrons. The van der Waals surface area contributed by atoms with Crippen molar-refractivity contribution in [1.29, 1.82) is 0 Å². The summed E-state index contributed by atoms with van der Waals surface area (Å²) in [6.07, 6.45) is -3.84. The lowest BCUT2D eigenvalue weighted by atomic mass is 10.0. The summed E-state index contributed by atoms with van der Waals surface area (Å²) in [6.45, 7) is 1.40. The molecule has 5 nitrogen and oxygen atoms in total. The summed E-state index contributed by atoms with van der Waals surface area (Å²) in [5.41, 5.74) is -1.89. The molecule has 28 heavy (non-hydrogen) atoms. The highest BCUT2D eigenvalue weighted by molar-refractivity contribution is 6.24. The fourth-order valence-electron chi connectivity index (χ4n) is 2.00. The first-order chi connectivity index (χ1) is 12.9. The quantitative estimate of drug-likeness (QED) is 0.135. The molecule has 1 aromatic carbocycles. The SMILES string of the molecule is CCOC(=O)/C(=C\CN[C@@H](C)C(F)(F)F)C(=O)c1cc(F)c(F)c(OC)c1F. The van der Waals surface area contributed by atoms with Crippen LogP contribution in [0.5, 0.6) is 5.75 Å². The van der Waals surface area contributed by atoms with Gasteiger partial charge in [-0.3, -0.25) is 4.79 Å². The number of benzene rings is 1. The molecule has 1 N–H and O–H groups in total. The zero-order valence-electron chi connectivity index (χ0n) is 15.0. The summed E-state index contributed by atoms with van der Waals surface area (Å²) in [6, 6.07) is -1.75. The van der Waals surface area contributed by atoms with Crippen molar-refractivity contribution in [2.75, 3.05) is 20.3 Å². The van der Waals surface area contributed by atoms with Crippen molar-refractivity contribution in [1.82, 2.24) is 5.32 Å². The highest BCUT2D eigenvalue weighted by atomic mass is 19.4. The average molecular weight is 413 g/mol. The lowest BCUT2D eigenvalue weighted by Gasteiger charge is -2.16. The molecule has 0 fully saturated rings. The van der Waals surface area contributed by atoms with Crippen LogP contribution in [0.1, 0.15) is 24.2 Å². The van der Waals surface area contributed by atoms with Gasteiger partial charge in [0, 0.05) is 6.54 Å². The second-order valence-corrected chi connectivity index (χ2v) is 5.41. The lowest BCUT2D eigenvalue weighted by Crippen LogP contribution is -2.39. The molecule has 1 aromatic rings. The van der Waals surface area contributed by atoms with Crippen LogP contribution in [0.15, 0.2) is 17.7 Å². The minimum absolute atomic E-state index is 0.195. The average Bonchev–Trinajstić information content (AvgIpc) is 2.61. The van der Waals surface area contributed by atoms with Crippen LogP contribution in [0.25, 0.3) is 0 Å². The van der Waals surface area contributed by atoms with Crippen molar-refractivity contribution in [3.05, 3.63) is 40.7 Å². The summed E-state index contributed by atoms with van der Waals surface area (Å²) in [7, 11) is 0.833. The van der Waals surface area contributed by atoms with Crippen molar-refractivity contribution < 1.29 is 45.4 Å². The van der Waals surface area contributed by atoms with E-state index in [-0.39, 0.29) is 12.7 Å². The molecule has 0 aliphatic carbocycles. The number of halogens is 6. The van der Waals surface area contributed by atoms with Gasteiger partial charge in [0.2, 0.25) is 11.6 Å². The van der Waals surface area contributed by atoms with Crippen molar-refractivity contribution in [2.24, 2.45) is 0 Å². The number of carbonyl (C=O) groups excluding carboxylic acids is 2. The Bertz CT molecular complexity index is 776. The number of ether oxygens (including phenoxy) is 2. The number of hydrogen-bond acceptors (Lipinski definition) is 5. The van der Waals surface area contributed by atoms with Crippen LogP contribution in [0.4, 0.5) is 26.3 Å². The summed E-state index contributed by atoms with van der Waals surface area (Å²) in [4.78, 5) is 24.4. The number of carbonyl (C=O) groups is 2. The highest BCUT2D eigenvalue weighted by Gasteiger charge is 2.35. The highest BCUT2D eigenvalue weighted by Crippen LogP contribution is 2.28.